The summed E-state index contributed by atoms with van der Waals surface area (Å²) < 4.78 is 0. The molecule has 12 nitrogen and oxygen atoms in total. The first-order valence-electron chi connectivity index (χ1n) is 11.5. The molecular formula is C24H32N6O6. The summed E-state index contributed by atoms with van der Waals surface area (Å²) in [6.45, 7) is -0.267. The first-order valence-corrected chi connectivity index (χ1v) is 11.5. The average molecular weight is 501 g/mol. The van der Waals surface area contributed by atoms with Gasteiger partial charge in [-0.15, -0.1) is 0 Å². The third kappa shape index (κ3) is 12.5. The van der Waals surface area contributed by atoms with Crippen molar-refractivity contribution < 1.29 is 29.4 Å². The van der Waals surface area contributed by atoms with E-state index in [1.165, 1.54) is 9.80 Å². The molecule has 2 amide bonds. The number of carboxylic acid groups (broad SMARTS) is 2. The van der Waals surface area contributed by atoms with Crippen LogP contribution in [0.1, 0.15) is 11.4 Å². The maximum absolute atomic E-state index is 12.3. The predicted octanol–water partition coefficient (Wildman–Crippen LogP) is -0.733. The van der Waals surface area contributed by atoms with Gasteiger partial charge in [0.15, 0.2) is 0 Å². The van der Waals surface area contributed by atoms with Crippen molar-refractivity contribution in [2.24, 2.45) is 0 Å². The van der Waals surface area contributed by atoms with Gasteiger partial charge in [-0.3, -0.25) is 38.9 Å². The van der Waals surface area contributed by atoms with Crippen LogP contribution >= 0.6 is 0 Å². The molecule has 0 unspecified atom stereocenters. The van der Waals surface area contributed by atoms with Crippen molar-refractivity contribution in [2.45, 2.75) is 12.8 Å². The van der Waals surface area contributed by atoms with Crippen molar-refractivity contribution in [2.75, 3.05) is 52.4 Å². The van der Waals surface area contributed by atoms with Crippen molar-refractivity contribution in [1.82, 2.24) is 30.4 Å². The number of amides is 2. The quantitative estimate of drug-likeness (QED) is 0.217. The molecular weight excluding hydrogens is 468 g/mol. The van der Waals surface area contributed by atoms with Crippen molar-refractivity contribution in [3.63, 3.8) is 0 Å². The van der Waals surface area contributed by atoms with Crippen LogP contribution in [0.3, 0.4) is 0 Å². The number of carbonyl (C=O) groups excluding carboxylic acids is 2. The van der Waals surface area contributed by atoms with Gasteiger partial charge in [0.1, 0.15) is 0 Å². The summed E-state index contributed by atoms with van der Waals surface area (Å²) in [5, 5.41) is 23.9. The van der Waals surface area contributed by atoms with Gasteiger partial charge in [-0.25, -0.2) is 0 Å². The predicted molar refractivity (Wildman–Crippen MR) is 130 cm³/mol. The zero-order valence-corrected chi connectivity index (χ0v) is 20.0. The molecule has 0 bridgehead atoms. The molecule has 0 saturated heterocycles. The van der Waals surface area contributed by atoms with Gasteiger partial charge in [0.25, 0.3) is 0 Å². The number of aromatic nitrogens is 2. The molecule has 2 aromatic rings. The van der Waals surface area contributed by atoms with Crippen LogP contribution in [0, 0.1) is 0 Å². The highest BCUT2D eigenvalue weighted by molar-refractivity contribution is 5.79. The Morgan fingerprint density at radius 1 is 0.667 bits per heavy atom. The van der Waals surface area contributed by atoms with Gasteiger partial charge in [0.2, 0.25) is 11.8 Å². The number of rotatable bonds is 17. The fourth-order valence-corrected chi connectivity index (χ4v) is 3.36. The summed E-state index contributed by atoms with van der Waals surface area (Å²) in [5.74, 6) is -2.95. The van der Waals surface area contributed by atoms with Crippen LogP contribution in [-0.4, -0.2) is 106 Å². The van der Waals surface area contributed by atoms with Crippen molar-refractivity contribution in [3.8, 4) is 0 Å². The molecule has 4 N–H and O–H groups in total. The zero-order chi connectivity index (χ0) is 26.2. The van der Waals surface area contributed by atoms with Gasteiger partial charge in [0, 0.05) is 62.8 Å². The van der Waals surface area contributed by atoms with E-state index in [9.17, 15) is 29.4 Å². The average Bonchev–Trinajstić information content (AvgIpc) is 2.83. The number of hydrogen-bond donors (Lipinski definition) is 4. The van der Waals surface area contributed by atoms with Crippen molar-refractivity contribution in [3.05, 3.63) is 60.2 Å². The topological polar surface area (TPSA) is 165 Å². The maximum Gasteiger partial charge on any atom is 0.317 e. The summed E-state index contributed by atoms with van der Waals surface area (Å²) >= 11 is 0. The van der Waals surface area contributed by atoms with E-state index in [0.29, 0.717) is 25.9 Å². The van der Waals surface area contributed by atoms with E-state index in [1.54, 1.807) is 24.5 Å². The number of pyridine rings is 2. The Kier molecular flexibility index (Phi) is 12.5. The van der Waals surface area contributed by atoms with E-state index in [4.69, 9.17) is 0 Å². The molecule has 0 aliphatic rings. The van der Waals surface area contributed by atoms with Gasteiger partial charge in [0.05, 0.1) is 26.2 Å². The second kappa shape index (κ2) is 15.9. The third-order valence-corrected chi connectivity index (χ3v) is 5.04. The molecule has 0 saturated carbocycles. The minimum atomic E-state index is -1.12. The standard InChI is InChI=1S/C24H32N6O6/c31-21(27-11-7-19-5-1-3-9-25-19)15-29(17-23(33)34)13-14-30(18-24(35)36)16-22(32)28-12-8-20-6-2-4-10-26-20/h1-6,9-10H,7-8,11-18H2,(H,27,31)(H,28,32)(H,33,34)(H,35,36). The van der Waals surface area contributed by atoms with Crippen molar-refractivity contribution in [1.29, 1.82) is 0 Å². The fraction of sp³-hybridized carbons (Fsp3) is 0.417. The van der Waals surface area contributed by atoms with Crippen molar-refractivity contribution >= 4 is 23.8 Å². The molecule has 0 atom stereocenters. The van der Waals surface area contributed by atoms with E-state index in [0.717, 1.165) is 11.4 Å². The number of carboxylic acids is 2. The highest BCUT2D eigenvalue weighted by atomic mass is 16.4. The molecule has 0 spiro atoms. The molecule has 194 valence electrons. The van der Waals surface area contributed by atoms with Gasteiger partial charge in [-0.1, -0.05) is 12.1 Å². The largest absolute Gasteiger partial charge is 0.480 e. The van der Waals surface area contributed by atoms with Crippen LogP contribution in [0.5, 0.6) is 0 Å². The Hall–Kier alpha value is -3.90. The number of nitrogens with zero attached hydrogens (tertiary/aromatic N) is 4. The lowest BCUT2D eigenvalue weighted by molar-refractivity contribution is -0.141. The van der Waals surface area contributed by atoms with Crippen LogP contribution in [0.15, 0.2) is 48.8 Å². The Bertz CT molecular complexity index is 896. The molecule has 12 heteroatoms. The first-order chi connectivity index (χ1) is 17.3. The number of nitrogens with one attached hydrogen (secondary N) is 2. The van der Waals surface area contributed by atoms with Gasteiger partial charge in [-0.05, 0) is 24.3 Å². The molecule has 0 aromatic carbocycles. The van der Waals surface area contributed by atoms with E-state index < -0.39 is 25.0 Å². The molecule has 0 fully saturated rings. The third-order valence-electron chi connectivity index (χ3n) is 5.04. The summed E-state index contributed by atoms with van der Waals surface area (Å²) in [4.78, 5) is 58.3. The summed E-state index contributed by atoms with van der Waals surface area (Å²) in [7, 11) is 0. The Morgan fingerprint density at radius 2 is 1.08 bits per heavy atom. The van der Waals surface area contributed by atoms with Crippen LogP contribution in [0.4, 0.5) is 0 Å². The van der Waals surface area contributed by atoms with Gasteiger partial charge in [-0.2, -0.15) is 0 Å². The van der Waals surface area contributed by atoms with Gasteiger partial charge >= 0.3 is 11.9 Å². The summed E-state index contributed by atoms with van der Waals surface area (Å²) in [6.07, 6.45) is 4.39. The minimum absolute atomic E-state index is 0.0917. The summed E-state index contributed by atoms with van der Waals surface area (Å²) in [6, 6.07) is 11.0. The molecule has 0 radical (unpaired) electrons. The summed E-state index contributed by atoms with van der Waals surface area (Å²) in [5.41, 5.74) is 1.64. The van der Waals surface area contributed by atoms with Crippen LogP contribution in [0.2, 0.25) is 0 Å². The smallest absolute Gasteiger partial charge is 0.317 e. The lowest BCUT2D eigenvalue weighted by Crippen LogP contribution is -2.46. The maximum atomic E-state index is 12.3. The molecule has 36 heavy (non-hydrogen) atoms. The first kappa shape index (κ1) is 28.3. The lowest BCUT2D eigenvalue weighted by atomic mass is 10.2. The number of aliphatic carboxylic acids is 2. The second-order valence-electron chi connectivity index (χ2n) is 8.05. The second-order valence-corrected chi connectivity index (χ2v) is 8.05. The normalized spacial score (nSPS) is 10.8. The Labute approximate surface area is 209 Å². The fourth-order valence-electron chi connectivity index (χ4n) is 3.36. The van der Waals surface area contributed by atoms with E-state index >= 15 is 0 Å². The van der Waals surface area contributed by atoms with E-state index in [1.807, 2.05) is 24.3 Å². The number of hydrogen-bond acceptors (Lipinski definition) is 8. The lowest BCUT2D eigenvalue weighted by Gasteiger charge is -2.25. The Morgan fingerprint density at radius 3 is 1.42 bits per heavy atom. The van der Waals surface area contributed by atoms with E-state index in [-0.39, 0.29) is 38.0 Å². The van der Waals surface area contributed by atoms with Gasteiger partial charge < -0.3 is 20.8 Å². The molecule has 0 aliphatic heterocycles. The molecule has 2 aromatic heterocycles. The monoisotopic (exact) mass is 500 g/mol. The SMILES string of the molecule is O=C(O)CN(CCN(CC(=O)O)CC(=O)NCCc1ccccn1)CC(=O)NCCc1ccccn1. The highest BCUT2D eigenvalue weighted by Gasteiger charge is 2.18. The van der Waals surface area contributed by atoms with E-state index in [2.05, 4.69) is 20.6 Å². The Balaban J connectivity index is 1.81. The number of carbonyl (C=O) groups is 4. The molecule has 2 heterocycles. The highest BCUT2D eigenvalue weighted by Crippen LogP contribution is 1.97. The van der Waals surface area contributed by atoms with Crippen LogP contribution in [0.25, 0.3) is 0 Å². The van der Waals surface area contributed by atoms with Crippen LogP contribution in [-0.2, 0) is 32.0 Å². The molecule has 2 rings (SSSR count). The van der Waals surface area contributed by atoms with Crippen LogP contribution < -0.4 is 10.6 Å². The zero-order valence-electron chi connectivity index (χ0n) is 20.0. The molecule has 0 aliphatic carbocycles. The minimum Gasteiger partial charge on any atom is -0.480 e.